The summed E-state index contributed by atoms with van der Waals surface area (Å²) in [4.78, 5) is 28.1. The third-order valence-corrected chi connectivity index (χ3v) is 6.37. The van der Waals surface area contributed by atoms with E-state index in [0.29, 0.717) is 11.6 Å². The topological polar surface area (TPSA) is 91.2 Å². The molecule has 0 saturated carbocycles. The fourth-order valence-corrected chi connectivity index (χ4v) is 4.58. The molecule has 0 radical (unpaired) electrons. The lowest BCUT2D eigenvalue weighted by Crippen LogP contribution is -2.31. The molecule has 0 aliphatic rings. The number of fused-ring (bicyclic) bond motifs is 2. The van der Waals surface area contributed by atoms with Gasteiger partial charge in [-0.2, -0.15) is 5.10 Å². The quantitative estimate of drug-likeness (QED) is 0.494. The van der Waals surface area contributed by atoms with Crippen LogP contribution in [0.25, 0.3) is 27.3 Å². The van der Waals surface area contributed by atoms with Crippen LogP contribution in [0, 0.1) is 13.8 Å². The summed E-state index contributed by atoms with van der Waals surface area (Å²) in [6.45, 7) is 9.86. The van der Waals surface area contributed by atoms with Gasteiger partial charge in [-0.3, -0.25) is 4.79 Å². The SMILES string of the molecule is Cc1c(-c2[nH]c3sc(C(=O)NCCN(C)C)nc3c2C(C)C)cn2ncnc2c1C. The third kappa shape index (κ3) is 3.48. The van der Waals surface area contributed by atoms with Crippen molar-refractivity contribution in [2.45, 2.75) is 33.6 Å². The minimum Gasteiger partial charge on any atom is -0.349 e. The number of nitrogens with zero attached hydrogens (tertiary/aromatic N) is 5. The molecule has 1 amide bonds. The number of H-pyrrole nitrogens is 1. The van der Waals surface area contributed by atoms with E-state index in [9.17, 15) is 4.79 Å². The van der Waals surface area contributed by atoms with Gasteiger partial charge >= 0.3 is 0 Å². The zero-order chi connectivity index (χ0) is 21.6. The Morgan fingerprint density at radius 1 is 1.30 bits per heavy atom. The molecular weight excluding hydrogens is 398 g/mol. The number of aryl methyl sites for hydroxylation is 1. The van der Waals surface area contributed by atoms with Crippen LogP contribution >= 0.6 is 11.3 Å². The van der Waals surface area contributed by atoms with Gasteiger partial charge in [-0.15, -0.1) is 0 Å². The summed E-state index contributed by atoms with van der Waals surface area (Å²) in [6.07, 6.45) is 3.59. The Morgan fingerprint density at radius 2 is 2.07 bits per heavy atom. The maximum Gasteiger partial charge on any atom is 0.280 e. The van der Waals surface area contributed by atoms with E-state index in [4.69, 9.17) is 4.98 Å². The third-order valence-electron chi connectivity index (χ3n) is 5.40. The predicted octanol–water partition coefficient (Wildman–Crippen LogP) is 3.37. The highest BCUT2D eigenvalue weighted by atomic mass is 32.1. The fourth-order valence-electron chi connectivity index (χ4n) is 3.68. The van der Waals surface area contributed by atoms with Crippen molar-refractivity contribution in [2.75, 3.05) is 27.2 Å². The number of amides is 1. The molecule has 30 heavy (non-hydrogen) atoms. The first kappa shape index (κ1) is 20.5. The molecule has 0 atom stereocenters. The van der Waals surface area contributed by atoms with Gasteiger partial charge in [0, 0.05) is 30.4 Å². The highest BCUT2D eigenvalue weighted by Crippen LogP contribution is 2.39. The standard InChI is InChI=1S/C21H27N7OS/c1-11(2)15-16(14-9-28-18(23-10-24-28)13(4)12(14)3)25-20-17(15)26-21(30-20)19(29)22-7-8-27(5)6/h9-11,25H,7-8H2,1-6H3,(H,22,29). The molecule has 4 aromatic heterocycles. The molecule has 4 aromatic rings. The number of carbonyl (C=O) groups excluding carboxylic acids is 1. The number of nitrogens with one attached hydrogen (secondary N) is 2. The summed E-state index contributed by atoms with van der Waals surface area (Å²) in [7, 11) is 3.96. The van der Waals surface area contributed by atoms with Gasteiger partial charge in [0.05, 0.1) is 5.69 Å². The van der Waals surface area contributed by atoms with Gasteiger partial charge in [-0.25, -0.2) is 14.5 Å². The van der Waals surface area contributed by atoms with Crippen molar-refractivity contribution >= 4 is 33.2 Å². The van der Waals surface area contributed by atoms with Gasteiger partial charge in [0.15, 0.2) is 10.7 Å². The van der Waals surface area contributed by atoms with Crippen molar-refractivity contribution in [1.82, 2.24) is 34.8 Å². The van der Waals surface area contributed by atoms with E-state index in [0.717, 1.165) is 50.5 Å². The first-order valence-electron chi connectivity index (χ1n) is 10.0. The Balaban J connectivity index is 1.77. The minimum absolute atomic E-state index is 0.126. The van der Waals surface area contributed by atoms with Crippen molar-refractivity contribution in [3.05, 3.63) is 34.2 Å². The van der Waals surface area contributed by atoms with Crippen LogP contribution in [-0.4, -0.2) is 62.6 Å². The van der Waals surface area contributed by atoms with Crippen LogP contribution in [0.1, 0.15) is 46.3 Å². The largest absolute Gasteiger partial charge is 0.349 e. The van der Waals surface area contributed by atoms with Crippen LogP contribution in [-0.2, 0) is 0 Å². The van der Waals surface area contributed by atoms with E-state index >= 15 is 0 Å². The minimum atomic E-state index is -0.126. The number of aromatic amines is 1. The molecule has 0 aromatic carbocycles. The van der Waals surface area contributed by atoms with E-state index in [-0.39, 0.29) is 11.8 Å². The van der Waals surface area contributed by atoms with Gasteiger partial charge in [0.25, 0.3) is 5.91 Å². The predicted molar refractivity (Wildman–Crippen MR) is 120 cm³/mol. The molecule has 158 valence electrons. The van der Waals surface area contributed by atoms with Crippen molar-refractivity contribution in [2.24, 2.45) is 0 Å². The molecule has 8 nitrogen and oxygen atoms in total. The normalized spacial score (nSPS) is 12.0. The highest BCUT2D eigenvalue weighted by molar-refractivity contribution is 7.20. The first-order valence-corrected chi connectivity index (χ1v) is 10.8. The van der Waals surface area contributed by atoms with Gasteiger partial charge < -0.3 is 15.2 Å². The van der Waals surface area contributed by atoms with Gasteiger partial charge in [0.2, 0.25) is 0 Å². The lowest BCUT2D eigenvalue weighted by atomic mass is 9.96. The zero-order valence-electron chi connectivity index (χ0n) is 18.2. The van der Waals surface area contributed by atoms with Crippen LogP contribution in [0.5, 0.6) is 0 Å². The van der Waals surface area contributed by atoms with Crippen LogP contribution in [0.15, 0.2) is 12.5 Å². The summed E-state index contributed by atoms with van der Waals surface area (Å²) < 4.78 is 1.81. The Bertz CT molecular complexity index is 1230. The summed E-state index contributed by atoms with van der Waals surface area (Å²) in [6, 6.07) is 0. The van der Waals surface area contributed by atoms with Gasteiger partial charge in [-0.05, 0) is 45.0 Å². The molecule has 0 bridgehead atoms. The van der Waals surface area contributed by atoms with Crippen LogP contribution in [0.3, 0.4) is 0 Å². The molecule has 0 aliphatic heterocycles. The molecule has 9 heteroatoms. The van der Waals surface area contributed by atoms with E-state index in [2.05, 4.69) is 48.1 Å². The number of rotatable bonds is 6. The Hall–Kier alpha value is -2.78. The second kappa shape index (κ2) is 7.81. The van der Waals surface area contributed by atoms with E-state index in [1.807, 2.05) is 29.7 Å². The van der Waals surface area contributed by atoms with E-state index in [1.165, 1.54) is 11.3 Å². The molecule has 0 unspecified atom stereocenters. The van der Waals surface area contributed by atoms with Gasteiger partial charge in [-0.1, -0.05) is 25.2 Å². The molecule has 0 spiro atoms. The summed E-state index contributed by atoms with van der Waals surface area (Å²) in [5.41, 5.74) is 7.24. The Morgan fingerprint density at radius 3 is 2.77 bits per heavy atom. The number of likely N-dealkylation sites (N-methyl/N-ethyl adjacent to an activating group) is 1. The molecule has 0 saturated heterocycles. The molecular formula is C21H27N7OS. The maximum absolute atomic E-state index is 12.5. The average Bonchev–Trinajstić information content (AvgIpc) is 3.37. The smallest absolute Gasteiger partial charge is 0.280 e. The number of carbonyl (C=O) groups is 1. The summed E-state index contributed by atoms with van der Waals surface area (Å²) in [5, 5.41) is 7.76. The summed E-state index contributed by atoms with van der Waals surface area (Å²) >= 11 is 1.40. The molecule has 4 heterocycles. The van der Waals surface area contributed by atoms with Crippen LogP contribution in [0.2, 0.25) is 0 Å². The maximum atomic E-state index is 12.5. The van der Waals surface area contributed by atoms with E-state index in [1.54, 1.807) is 6.33 Å². The zero-order valence-corrected chi connectivity index (χ0v) is 19.0. The van der Waals surface area contributed by atoms with Crippen molar-refractivity contribution in [3.63, 3.8) is 0 Å². The number of thiazole rings is 1. The first-order chi connectivity index (χ1) is 14.3. The average molecular weight is 426 g/mol. The molecule has 2 N–H and O–H groups in total. The van der Waals surface area contributed by atoms with Crippen molar-refractivity contribution in [1.29, 1.82) is 0 Å². The Kier molecular flexibility index (Phi) is 5.33. The highest BCUT2D eigenvalue weighted by Gasteiger charge is 2.24. The van der Waals surface area contributed by atoms with Crippen LogP contribution in [0.4, 0.5) is 0 Å². The number of hydrogen-bond donors (Lipinski definition) is 2. The fraction of sp³-hybridized carbons (Fsp3) is 0.429. The lowest BCUT2D eigenvalue weighted by molar-refractivity contribution is 0.0951. The second-order valence-corrected chi connectivity index (χ2v) is 9.14. The second-order valence-electron chi connectivity index (χ2n) is 8.15. The van der Waals surface area contributed by atoms with Gasteiger partial charge in [0.1, 0.15) is 16.7 Å². The lowest BCUT2D eigenvalue weighted by Gasteiger charge is -2.13. The van der Waals surface area contributed by atoms with E-state index < -0.39 is 0 Å². The Labute approximate surface area is 179 Å². The number of aromatic nitrogens is 5. The number of pyridine rings is 1. The molecule has 4 rings (SSSR count). The molecule has 0 aliphatic carbocycles. The number of hydrogen-bond acceptors (Lipinski definition) is 6. The monoisotopic (exact) mass is 425 g/mol. The molecule has 0 fully saturated rings. The van der Waals surface area contributed by atoms with Crippen molar-refractivity contribution < 1.29 is 4.79 Å². The summed E-state index contributed by atoms with van der Waals surface area (Å²) in [5.74, 6) is 0.116. The van der Waals surface area contributed by atoms with Crippen molar-refractivity contribution in [3.8, 4) is 11.3 Å². The van der Waals surface area contributed by atoms with Crippen LogP contribution < -0.4 is 5.32 Å².